The van der Waals surface area contributed by atoms with E-state index in [0.717, 1.165) is 36.2 Å². The molecule has 0 aliphatic carbocycles. The van der Waals surface area contributed by atoms with Gasteiger partial charge >= 0.3 is 0 Å². The van der Waals surface area contributed by atoms with Gasteiger partial charge < -0.3 is 10.5 Å². The minimum absolute atomic E-state index is 0.269. The molecule has 2 aromatic rings. The van der Waals surface area contributed by atoms with Crippen molar-refractivity contribution in [2.24, 2.45) is 0 Å². The summed E-state index contributed by atoms with van der Waals surface area (Å²) in [6.07, 6.45) is 4.06. The molecule has 1 fully saturated rings. The van der Waals surface area contributed by atoms with Crippen molar-refractivity contribution >= 4 is 17.1 Å². The summed E-state index contributed by atoms with van der Waals surface area (Å²) in [6.45, 7) is 4.88. The fourth-order valence-corrected chi connectivity index (χ4v) is 2.67. The maximum absolute atomic E-state index is 6.05. The van der Waals surface area contributed by atoms with Crippen molar-refractivity contribution in [2.45, 2.75) is 38.8 Å². The van der Waals surface area contributed by atoms with E-state index in [9.17, 15) is 0 Å². The Morgan fingerprint density at radius 2 is 2.33 bits per heavy atom. The largest absolute Gasteiger partial charge is 0.378 e. The molecule has 5 heteroatoms. The third kappa shape index (κ3) is 1.84. The highest BCUT2D eigenvalue weighted by Crippen LogP contribution is 2.30. The van der Waals surface area contributed by atoms with Gasteiger partial charge in [0.05, 0.1) is 6.10 Å². The first-order valence-electron chi connectivity index (χ1n) is 6.37. The first kappa shape index (κ1) is 11.5. The summed E-state index contributed by atoms with van der Waals surface area (Å²) in [4.78, 5) is 8.89. The number of ether oxygens (including phenoxy) is 1. The molecule has 3 rings (SSSR count). The maximum atomic E-state index is 6.05. The zero-order valence-electron chi connectivity index (χ0n) is 10.8. The highest BCUT2D eigenvalue weighted by molar-refractivity contribution is 5.74. The topological polar surface area (TPSA) is 66.0 Å². The Balaban J connectivity index is 2.07. The molecule has 0 amide bonds. The standard InChI is InChI=1S/C13H18N4O/c1-8-5-11-12(15-7-8)17(13(14)16-11)10-3-4-18-9(2)6-10/h5,7,9-10H,3-4,6H2,1-2H3,(H2,14,16). The zero-order chi connectivity index (χ0) is 12.7. The third-order valence-corrected chi connectivity index (χ3v) is 3.52. The number of imidazole rings is 1. The van der Waals surface area contributed by atoms with Crippen LogP contribution in [-0.4, -0.2) is 27.2 Å². The number of pyridine rings is 1. The Hall–Kier alpha value is -1.62. The van der Waals surface area contributed by atoms with E-state index in [1.54, 1.807) is 0 Å². The molecule has 2 N–H and O–H groups in total. The number of anilines is 1. The molecule has 3 heterocycles. The average molecular weight is 246 g/mol. The van der Waals surface area contributed by atoms with Crippen LogP contribution in [0.5, 0.6) is 0 Å². The molecule has 96 valence electrons. The minimum Gasteiger partial charge on any atom is -0.378 e. The number of rotatable bonds is 1. The van der Waals surface area contributed by atoms with Crippen LogP contribution in [0.3, 0.4) is 0 Å². The van der Waals surface area contributed by atoms with Crippen LogP contribution in [0.4, 0.5) is 5.95 Å². The van der Waals surface area contributed by atoms with Crippen LogP contribution in [0.2, 0.25) is 0 Å². The van der Waals surface area contributed by atoms with Gasteiger partial charge in [0, 0.05) is 18.8 Å². The van der Waals surface area contributed by atoms with Crippen molar-refractivity contribution in [2.75, 3.05) is 12.3 Å². The van der Waals surface area contributed by atoms with Crippen molar-refractivity contribution in [3.8, 4) is 0 Å². The molecule has 0 bridgehead atoms. The molecular weight excluding hydrogens is 228 g/mol. The molecule has 0 spiro atoms. The number of nitrogen functional groups attached to an aromatic ring is 1. The summed E-state index contributed by atoms with van der Waals surface area (Å²) in [7, 11) is 0. The van der Waals surface area contributed by atoms with Gasteiger partial charge in [0.1, 0.15) is 5.52 Å². The summed E-state index contributed by atoms with van der Waals surface area (Å²) in [5, 5.41) is 0. The average Bonchev–Trinajstić information content (AvgIpc) is 2.64. The molecule has 1 aliphatic rings. The number of hydrogen-bond donors (Lipinski definition) is 1. The molecular formula is C13H18N4O. The van der Waals surface area contributed by atoms with Crippen molar-refractivity contribution in [1.82, 2.24) is 14.5 Å². The monoisotopic (exact) mass is 246 g/mol. The van der Waals surface area contributed by atoms with E-state index in [4.69, 9.17) is 10.5 Å². The van der Waals surface area contributed by atoms with Gasteiger partial charge in [0.2, 0.25) is 5.95 Å². The summed E-state index contributed by atoms with van der Waals surface area (Å²) >= 11 is 0. The molecule has 1 aliphatic heterocycles. The lowest BCUT2D eigenvalue weighted by Gasteiger charge is -2.28. The van der Waals surface area contributed by atoms with Crippen molar-refractivity contribution in [1.29, 1.82) is 0 Å². The van der Waals surface area contributed by atoms with Crippen LogP contribution in [0.25, 0.3) is 11.2 Å². The van der Waals surface area contributed by atoms with Gasteiger partial charge in [-0.25, -0.2) is 9.97 Å². The molecule has 2 unspecified atom stereocenters. The molecule has 0 radical (unpaired) electrons. The highest BCUT2D eigenvalue weighted by atomic mass is 16.5. The van der Waals surface area contributed by atoms with Gasteiger partial charge in [-0.05, 0) is 38.3 Å². The van der Waals surface area contributed by atoms with Crippen LogP contribution in [0.1, 0.15) is 31.4 Å². The number of nitrogens with two attached hydrogens (primary N) is 1. The maximum Gasteiger partial charge on any atom is 0.202 e. The fraction of sp³-hybridized carbons (Fsp3) is 0.538. The fourth-order valence-electron chi connectivity index (χ4n) is 2.67. The minimum atomic E-state index is 0.269. The van der Waals surface area contributed by atoms with E-state index in [0.29, 0.717) is 12.0 Å². The normalized spacial score (nSPS) is 24.6. The van der Waals surface area contributed by atoms with E-state index in [1.165, 1.54) is 0 Å². The van der Waals surface area contributed by atoms with Gasteiger partial charge in [-0.3, -0.25) is 4.57 Å². The lowest BCUT2D eigenvalue weighted by Crippen LogP contribution is -2.26. The van der Waals surface area contributed by atoms with Crippen LogP contribution >= 0.6 is 0 Å². The van der Waals surface area contributed by atoms with Crippen molar-refractivity contribution < 1.29 is 4.74 Å². The highest BCUT2D eigenvalue weighted by Gasteiger charge is 2.24. The quantitative estimate of drug-likeness (QED) is 0.836. The number of hydrogen-bond acceptors (Lipinski definition) is 4. The molecule has 2 atom stereocenters. The Morgan fingerprint density at radius 1 is 1.50 bits per heavy atom. The van der Waals surface area contributed by atoms with Crippen LogP contribution in [0.15, 0.2) is 12.3 Å². The summed E-state index contributed by atoms with van der Waals surface area (Å²) in [6, 6.07) is 2.37. The Bertz CT molecular complexity index is 578. The smallest absolute Gasteiger partial charge is 0.202 e. The van der Waals surface area contributed by atoms with Gasteiger partial charge in [0.15, 0.2) is 5.65 Å². The lowest BCUT2D eigenvalue weighted by atomic mass is 10.0. The molecule has 2 aromatic heterocycles. The van der Waals surface area contributed by atoms with Crippen LogP contribution < -0.4 is 5.73 Å². The van der Waals surface area contributed by atoms with E-state index in [1.807, 2.05) is 19.2 Å². The lowest BCUT2D eigenvalue weighted by molar-refractivity contribution is 0.00704. The van der Waals surface area contributed by atoms with Gasteiger partial charge in [-0.2, -0.15) is 0 Å². The zero-order valence-corrected chi connectivity index (χ0v) is 10.8. The van der Waals surface area contributed by atoms with E-state index in [2.05, 4.69) is 21.5 Å². The van der Waals surface area contributed by atoms with Crippen LogP contribution in [-0.2, 0) is 4.74 Å². The van der Waals surface area contributed by atoms with E-state index in [-0.39, 0.29) is 6.10 Å². The predicted molar refractivity (Wildman–Crippen MR) is 70.4 cm³/mol. The summed E-state index contributed by atoms with van der Waals surface area (Å²) in [5.74, 6) is 0.558. The molecule has 5 nitrogen and oxygen atoms in total. The Labute approximate surface area is 106 Å². The molecule has 0 aromatic carbocycles. The summed E-state index contributed by atoms with van der Waals surface area (Å²) < 4.78 is 7.65. The second-order valence-electron chi connectivity index (χ2n) is 5.06. The number of nitrogens with zero attached hydrogens (tertiary/aromatic N) is 3. The van der Waals surface area contributed by atoms with Crippen LogP contribution in [0, 0.1) is 6.92 Å². The SMILES string of the molecule is Cc1cnc2c(c1)nc(N)n2C1CCOC(C)C1. The predicted octanol–water partition coefficient (Wildman–Crippen LogP) is 2.06. The second-order valence-corrected chi connectivity index (χ2v) is 5.06. The third-order valence-electron chi connectivity index (χ3n) is 3.52. The van der Waals surface area contributed by atoms with E-state index < -0.39 is 0 Å². The van der Waals surface area contributed by atoms with Gasteiger partial charge in [-0.1, -0.05) is 0 Å². The van der Waals surface area contributed by atoms with Crippen molar-refractivity contribution in [3.63, 3.8) is 0 Å². The number of fused-ring (bicyclic) bond motifs is 1. The molecule has 18 heavy (non-hydrogen) atoms. The van der Waals surface area contributed by atoms with Gasteiger partial charge in [0.25, 0.3) is 0 Å². The Morgan fingerprint density at radius 3 is 3.11 bits per heavy atom. The Kier molecular flexibility index (Phi) is 2.70. The molecule has 0 saturated carbocycles. The summed E-state index contributed by atoms with van der Waals surface area (Å²) in [5.41, 5.74) is 8.92. The van der Waals surface area contributed by atoms with E-state index >= 15 is 0 Å². The number of aromatic nitrogens is 3. The number of aryl methyl sites for hydroxylation is 1. The van der Waals surface area contributed by atoms with Gasteiger partial charge in [-0.15, -0.1) is 0 Å². The van der Waals surface area contributed by atoms with Crippen molar-refractivity contribution in [3.05, 3.63) is 17.8 Å². The first-order chi connectivity index (χ1) is 8.65. The first-order valence-corrected chi connectivity index (χ1v) is 6.37. The molecule has 1 saturated heterocycles. The second kappa shape index (κ2) is 4.24.